The summed E-state index contributed by atoms with van der Waals surface area (Å²) in [6, 6.07) is 7.54. The van der Waals surface area contributed by atoms with E-state index in [4.69, 9.17) is 4.98 Å². The highest BCUT2D eigenvalue weighted by Gasteiger charge is 2.13. The van der Waals surface area contributed by atoms with E-state index in [1.54, 1.807) is 0 Å². The second-order valence-electron chi connectivity index (χ2n) is 6.54. The summed E-state index contributed by atoms with van der Waals surface area (Å²) in [5, 5.41) is 13.3. The molecule has 8 heteroatoms. The molecule has 0 atom stereocenters. The number of aryl methyl sites for hydroxylation is 1. The van der Waals surface area contributed by atoms with Crippen LogP contribution in [0.1, 0.15) is 51.8 Å². The number of thioether (sulfide) groups is 1. The van der Waals surface area contributed by atoms with Crippen LogP contribution < -0.4 is 5.56 Å². The molecule has 0 fully saturated rings. The predicted octanol–water partition coefficient (Wildman–Crippen LogP) is 3.67. The van der Waals surface area contributed by atoms with E-state index in [9.17, 15) is 4.79 Å². The van der Waals surface area contributed by atoms with Crippen molar-refractivity contribution in [2.45, 2.75) is 70.0 Å². The van der Waals surface area contributed by atoms with Gasteiger partial charge in [0.05, 0.1) is 16.7 Å². The third-order valence-electron chi connectivity index (χ3n) is 4.43. The number of nitrogens with zero attached hydrogens (tertiary/aromatic N) is 6. The fourth-order valence-corrected chi connectivity index (χ4v) is 3.95. The molecule has 0 saturated heterocycles. The van der Waals surface area contributed by atoms with Crippen LogP contribution in [0.25, 0.3) is 10.9 Å². The molecule has 0 bridgehead atoms. The second kappa shape index (κ2) is 9.64. The van der Waals surface area contributed by atoms with Crippen LogP contribution in [0, 0.1) is 0 Å². The first-order valence-corrected chi connectivity index (χ1v) is 10.6. The summed E-state index contributed by atoms with van der Waals surface area (Å²) in [7, 11) is 0. The normalized spacial score (nSPS) is 11.3. The summed E-state index contributed by atoms with van der Waals surface area (Å²) >= 11 is 1.53. The lowest BCUT2D eigenvalue weighted by Crippen LogP contribution is -2.23. The molecule has 0 amide bonds. The van der Waals surface area contributed by atoms with Gasteiger partial charge in [0.1, 0.15) is 0 Å². The SMILES string of the molecule is CCCCCCn1c(SCc2nnnn2CCC)nc2ccccc2c1=O. The van der Waals surface area contributed by atoms with Gasteiger partial charge in [-0.25, -0.2) is 9.67 Å². The Hall–Kier alpha value is -2.22. The quantitative estimate of drug-likeness (QED) is 0.300. The number of unbranched alkanes of at least 4 members (excludes halogenated alkanes) is 3. The number of hydrogen-bond donors (Lipinski definition) is 0. The molecular formula is C19H26N6OS. The van der Waals surface area contributed by atoms with E-state index in [1.165, 1.54) is 24.6 Å². The summed E-state index contributed by atoms with van der Waals surface area (Å²) < 4.78 is 3.63. The molecule has 2 heterocycles. The van der Waals surface area contributed by atoms with Gasteiger partial charge in [-0.05, 0) is 35.4 Å². The fourth-order valence-electron chi connectivity index (χ4n) is 2.99. The number of para-hydroxylation sites is 1. The molecule has 0 aliphatic rings. The van der Waals surface area contributed by atoms with E-state index < -0.39 is 0 Å². The van der Waals surface area contributed by atoms with E-state index in [1.807, 2.05) is 33.5 Å². The molecule has 0 spiro atoms. The van der Waals surface area contributed by atoms with E-state index >= 15 is 0 Å². The van der Waals surface area contributed by atoms with E-state index in [0.29, 0.717) is 17.7 Å². The highest BCUT2D eigenvalue weighted by atomic mass is 32.2. The molecule has 0 saturated carbocycles. The maximum absolute atomic E-state index is 13.0. The minimum Gasteiger partial charge on any atom is -0.287 e. The van der Waals surface area contributed by atoms with Crippen LogP contribution in [-0.2, 0) is 18.8 Å². The van der Waals surface area contributed by atoms with Crippen LogP contribution in [0.15, 0.2) is 34.2 Å². The molecule has 0 N–H and O–H groups in total. The van der Waals surface area contributed by atoms with Crippen LogP contribution in [0.5, 0.6) is 0 Å². The zero-order chi connectivity index (χ0) is 19.1. The van der Waals surface area contributed by atoms with Gasteiger partial charge in [0, 0.05) is 13.1 Å². The summed E-state index contributed by atoms with van der Waals surface area (Å²) in [6.07, 6.45) is 5.43. The first-order valence-electron chi connectivity index (χ1n) is 9.62. The maximum atomic E-state index is 13.0. The van der Waals surface area contributed by atoms with Gasteiger partial charge in [-0.2, -0.15) is 0 Å². The summed E-state index contributed by atoms with van der Waals surface area (Å²) in [5.74, 6) is 1.40. The van der Waals surface area contributed by atoms with Crippen molar-refractivity contribution >= 4 is 22.7 Å². The number of rotatable bonds is 10. The van der Waals surface area contributed by atoms with Crippen molar-refractivity contribution in [2.75, 3.05) is 0 Å². The molecule has 0 aliphatic heterocycles. The summed E-state index contributed by atoms with van der Waals surface area (Å²) in [6.45, 7) is 5.76. The van der Waals surface area contributed by atoms with Crippen LogP contribution in [0.2, 0.25) is 0 Å². The van der Waals surface area contributed by atoms with Gasteiger partial charge in [0.25, 0.3) is 5.56 Å². The predicted molar refractivity (Wildman–Crippen MR) is 108 cm³/mol. The summed E-state index contributed by atoms with van der Waals surface area (Å²) in [5.41, 5.74) is 0.774. The molecule has 0 unspecified atom stereocenters. The Morgan fingerprint density at radius 2 is 1.89 bits per heavy atom. The Morgan fingerprint density at radius 3 is 2.70 bits per heavy atom. The number of hydrogen-bond acceptors (Lipinski definition) is 6. The Labute approximate surface area is 163 Å². The lowest BCUT2D eigenvalue weighted by atomic mass is 10.2. The Bertz CT molecular complexity index is 935. The molecule has 144 valence electrons. The molecule has 1 aromatic carbocycles. The van der Waals surface area contributed by atoms with Gasteiger partial charge in [-0.15, -0.1) is 5.10 Å². The van der Waals surface area contributed by atoms with Crippen LogP contribution in [0.4, 0.5) is 0 Å². The van der Waals surface area contributed by atoms with Crippen LogP contribution in [0.3, 0.4) is 0 Å². The van der Waals surface area contributed by atoms with Gasteiger partial charge < -0.3 is 0 Å². The topological polar surface area (TPSA) is 78.5 Å². The van der Waals surface area contributed by atoms with E-state index in [2.05, 4.69) is 29.4 Å². The summed E-state index contributed by atoms with van der Waals surface area (Å²) in [4.78, 5) is 17.8. The van der Waals surface area contributed by atoms with Gasteiger partial charge in [0.2, 0.25) is 0 Å². The average molecular weight is 387 g/mol. The first-order chi connectivity index (χ1) is 13.2. The van der Waals surface area contributed by atoms with E-state index in [0.717, 1.165) is 42.3 Å². The zero-order valence-electron chi connectivity index (χ0n) is 16.0. The monoisotopic (exact) mass is 386 g/mol. The lowest BCUT2D eigenvalue weighted by molar-refractivity contribution is 0.531. The standard InChI is InChI=1S/C19H26N6OS/c1-3-5-6-9-13-24-18(26)15-10-7-8-11-16(15)20-19(24)27-14-17-21-22-23-25(17)12-4-2/h7-8,10-11H,3-6,9,12-14H2,1-2H3. The van der Waals surface area contributed by atoms with Crippen molar-refractivity contribution in [3.8, 4) is 0 Å². The molecule has 0 aliphatic carbocycles. The van der Waals surface area contributed by atoms with Gasteiger partial charge in [0.15, 0.2) is 11.0 Å². The molecule has 7 nitrogen and oxygen atoms in total. The maximum Gasteiger partial charge on any atom is 0.262 e. The number of aromatic nitrogens is 6. The molecule has 2 aromatic heterocycles. The number of fused-ring (bicyclic) bond motifs is 1. The smallest absolute Gasteiger partial charge is 0.262 e. The largest absolute Gasteiger partial charge is 0.287 e. The Balaban J connectivity index is 1.87. The van der Waals surface area contributed by atoms with Crippen LogP contribution >= 0.6 is 11.8 Å². The Kier molecular flexibility index (Phi) is 6.98. The Morgan fingerprint density at radius 1 is 1.04 bits per heavy atom. The molecular weight excluding hydrogens is 360 g/mol. The van der Waals surface area contributed by atoms with Crippen molar-refractivity contribution in [2.24, 2.45) is 0 Å². The third-order valence-corrected chi connectivity index (χ3v) is 5.41. The fraction of sp³-hybridized carbons (Fsp3) is 0.526. The molecule has 3 rings (SSSR count). The molecule has 0 radical (unpaired) electrons. The number of benzene rings is 1. The van der Waals surface area contributed by atoms with Gasteiger partial charge in [-0.1, -0.05) is 57.0 Å². The first kappa shape index (κ1) is 19.5. The lowest BCUT2D eigenvalue weighted by Gasteiger charge is -2.13. The highest BCUT2D eigenvalue weighted by Crippen LogP contribution is 2.21. The van der Waals surface area contributed by atoms with E-state index in [-0.39, 0.29) is 5.56 Å². The van der Waals surface area contributed by atoms with Crippen molar-refractivity contribution in [1.29, 1.82) is 0 Å². The van der Waals surface area contributed by atoms with Crippen molar-refractivity contribution < 1.29 is 0 Å². The number of tetrazole rings is 1. The van der Waals surface area contributed by atoms with Crippen LogP contribution in [-0.4, -0.2) is 29.8 Å². The molecule has 27 heavy (non-hydrogen) atoms. The minimum absolute atomic E-state index is 0.0350. The zero-order valence-corrected chi connectivity index (χ0v) is 16.8. The van der Waals surface area contributed by atoms with Crippen molar-refractivity contribution in [1.82, 2.24) is 29.8 Å². The third kappa shape index (κ3) is 4.74. The second-order valence-corrected chi connectivity index (χ2v) is 7.48. The molecule has 3 aromatic rings. The average Bonchev–Trinajstić information content (AvgIpc) is 3.12. The highest BCUT2D eigenvalue weighted by molar-refractivity contribution is 7.98. The van der Waals surface area contributed by atoms with Gasteiger partial charge in [-0.3, -0.25) is 9.36 Å². The van der Waals surface area contributed by atoms with Crippen molar-refractivity contribution in [3.05, 3.63) is 40.4 Å². The minimum atomic E-state index is 0.0350. The van der Waals surface area contributed by atoms with Crippen molar-refractivity contribution in [3.63, 3.8) is 0 Å². The van der Waals surface area contributed by atoms with Gasteiger partial charge >= 0.3 is 0 Å².